The zero-order valence-electron chi connectivity index (χ0n) is 14.2. The van der Waals surface area contributed by atoms with Crippen molar-refractivity contribution in [2.75, 3.05) is 18.0 Å². The van der Waals surface area contributed by atoms with Gasteiger partial charge in [0.1, 0.15) is 17.3 Å². The second-order valence-electron chi connectivity index (χ2n) is 6.51. The number of carbonyl (C=O) groups is 1. The monoisotopic (exact) mass is 304 g/mol. The van der Waals surface area contributed by atoms with Crippen molar-refractivity contribution in [1.82, 2.24) is 15.3 Å². The van der Waals surface area contributed by atoms with Crippen molar-refractivity contribution >= 4 is 11.7 Å². The van der Waals surface area contributed by atoms with E-state index in [1.54, 1.807) is 0 Å². The molecule has 0 radical (unpaired) electrons. The average molecular weight is 304 g/mol. The second kappa shape index (κ2) is 7.56. The molecule has 5 heteroatoms. The number of nitrogens with zero attached hydrogens (tertiary/aromatic N) is 3. The van der Waals surface area contributed by atoms with E-state index in [9.17, 15) is 4.79 Å². The maximum absolute atomic E-state index is 12.3. The van der Waals surface area contributed by atoms with Gasteiger partial charge < -0.3 is 10.2 Å². The van der Waals surface area contributed by atoms with E-state index >= 15 is 0 Å². The van der Waals surface area contributed by atoms with E-state index in [2.05, 4.69) is 41.0 Å². The van der Waals surface area contributed by atoms with E-state index < -0.39 is 0 Å². The molecule has 1 aromatic heterocycles. The molecule has 1 aromatic rings. The molecule has 0 aromatic carbocycles. The number of carbonyl (C=O) groups excluding carboxylic acids is 1. The van der Waals surface area contributed by atoms with E-state index in [-0.39, 0.29) is 5.91 Å². The molecule has 1 fully saturated rings. The van der Waals surface area contributed by atoms with Crippen molar-refractivity contribution in [3.05, 3.63) is 17.6 Å². The van der Waals surface area contributed by atoms with Gasteiger partial charge >= 0.3 is 0 Å². The maximum atomic E-state index is 12.3. The first-order chi connectivity index (χ1) is 10.5. The molecule has 122 valence electrons. The Morgan fingerprint density at radius 3 is 2.86 bits per heavy atom. The van der Waals surface area contributed by atoms with Crippen molar-refractivity contribution in [3.63, 3.8) is 0 Å². The molecule has 0 saturated carbocycles. The van der Waals surface area contributed by atoms with Crippen LogP contribution in [0.1, 0.15) is 62.8 Å². The highest BCUT2D eigenvalue weighted by atomic mass is 16.1. The third-order valence-electron chi connectivity index (χ3n) is 4.12. The van der Waals surface area contributed by atoms with Crippen molar-refractivity contribution in [1.29, 1.82) is 0 Å². The molecule has 1 aliphatic heterocycles. The summed E-state index contributed by atoms with van der Waals surface area (Å²) in [4.78, 5) is 23.5. The minimum Gasteiger partial charge on any atom is -0.354 e. The van der Waals surface area contributed by atoms with Gasteiger partial charge in [-0.05, 0) is 38.5 Å². The summed E-state index contributed by atoms with van der Waals surface area (Å²) in [6.45, 7) is 9.91. The van der Waals surface area contributed by atoms with E-state index in [4.69, 9.17) is 0 Å². The Morgan fingerprint density at radius 1 is 1.41 bits per heavy atom. The Hall–Kier alpha value is -1.65. The van der Waals surface area contributed by atoms with Gasteiger partial charge in [0, 0.05) is 25.2 Å². The van der Waals surface area contributed by atoms with Crippen LogP contribution in [0.15, 0.2) is 6.07 Å². The van der Waals surface area contributed by atoms with E-state index in [0.29, 0.717) is 30.0 Å². The summed E-state index contributed by atoms with van der Waals surface area (Å²) in [6.07, 6.45) is 4.78. The van der Waals surface area contributed by atoms with Crippen molar-refractivity contribution < 1.29 is 4.79 Å². The Bertz CT molecular complexity index is 515. The first-order valence-corrected chi connectivity index (χ1v) is 8.41. The van der Waals surface area contributed by atoms with E-state index in [0.717, 1.165) is 18.8 Å². The molecule has 1 N–H and O–H groups in total. The Labute approximate surface area is 133 Å². The lowest BCUT2D eigenvalue weighted by Gasteiger charge is -2.36. The topological polar surface area (TPSA) is 58.1 Å². The van der Waals surface area contributed by atoms with Crippen LogP contribution in [0.5, 0.6) is 0 Å². The Balaban J connectivity index is 2.20. The summed E-state index contributed by atoms with van der Waals surface area (Å²) in [7, 11) is 0. The number of anilines is 1. The molecule has 0 bridgehead atoms. The summed E-state index contributed by atoms with van der Waals surface area (Å²) < 4.78 is 0. The molecule has 2 rings (SSSR count). The number of hydrogen-bond acceptors (Lipinski definition) is 4. The van der Waals surface area contributed by atoms with E-state index in [1.165, 1.54) is 19.3 Å². The molecular formula is C17H28N4O. The lowest BCUT2D eigenvalue weighted by molar-refractivity contribution is 0.0943. The van der Waals surface area contributed by atoms with Crippen molar-refractivity contribution in [2.45, 2.75) is 59.4 Å². The van der Waals surface area contributed by atoms with Gasteiger partial charge in [-0.25, -0.2) is 9.97 Å². The first kappa shape index (κ1) is 16.7. The fraction of sp³-hybridized carbons (Fsp3) is 0.706. The van der Waals surface area contributed by atoms with Gasteiger partial charge in [-0.3, -0.25) is 4.79 Å². The predicted molar refractivity (Wildman–Crippen MR) is 89.2 cm³/mol. The summed E-state index contributed by atoms with van der Waals surface area (Å²) in [6, 6.07) is 2.37. The normalized spacial score (nSPS) is 18.6. The lowest BCUT2D eigenvalue weighted by atomic mass is 10.00. The highest BCUT2D eigenvalue weighted by molar-refractivity contribution is 5.92. The number of aryl methyl sites for hydroxylation is 1. The first-order valence-electron chi connectivity index (χ1n) is 8.41. The number of amides is 1. The molecule has 1 amide bonds. The standard InChI is InChI=1S/C17H28N4O/c1-5-14-8-6-7-9-21(14)16-10-15(19-13(4)20-16)17(22)18-11-12(2)3/h10,12,14H,5-9,11H2,1-4H3,(H,18,22). The molecule has 1 saturated heterocycles. The summed E-state index contributed by atoms with van der Waals surface area (Å²) >= 11 is 0. The van der Waals surface area contributed by atoms with Crippen molar-refractivity contribution in [3.8, 4) is 0 Å². The van der Waals surface area contributed by atoms with Crippen LogP contribution < -0.4 is 10.2 Å². The van der Waals surface area contributed by atoms with Gasteiger partial charge in [-0.1, -0.05) is 20.8 Å². The molecule has 2 heterocycles. The quantitative estimate of drug-likeness (QED) is 0.908. The van der Waals surface area contributed by atoms with Crippen LogP contribution in [0.3, 0.4) is 0 Å². The van der Waals surface area contributed by atoms with Gasteiger partial charge in [0.15, 0.2) is 0 Å². The molecule has 5 nitrogen and oxygen atoms in total. The van der Waals surface area contributed by atoms with Crippen LogP contribution in [-0.4, -0.2) is 35.0 Å². The minimum absolute atomic E-state index is 0.106. The van der Waals surface area contributed by atoms with Crippen LogP contribution in [-0.2, 0) is 0 Å². The fourth-order valence-electron chi connectivity index (χ4n) is 2.93. The SMILES string of the molecule is CCC1CCCCN1c1cc(C(=O)NCC(C)C)nc(C)n1. The minimum atomic E-state index is -0.106. The van der Waals surface area contributed by atoms with Gasteiger partial charge in [0.25, 0.3) is 5.91 Å². The average Bonchev–Trinajstić information content (AvgIpc) is 2.51. The third-order valence-corrected chi connectivity index (χ3v) is 4.12. The largest absolute Gasteiger partial charge is 0.354 e. The van der Waals surface area contributed by atoms with Crippen LogP contribution in [0.25, 0.3) is 0 Å². The van der Waals surface area contributed by atoms with Gasteiger partial charge in [0.2, 0.25) is 0 Å². The van der Waals surface area contributed by atoms with Gasteiger partial charge in [0.05, 0.1) is 0 Å². The number of hydrogen-bond donors (Lipinski definition) is 1. The Morgan fingerprint density at radius 2 is 2.18 bits per heavy atom. The third kappa shape index (κ3) is 4.18. The molecule has 0 aliphatic carbocycles. The van der Waals surface area contributed by atoms with Crippen LogP contribution in [0.4, 0.5) is 5.82 Å². The molecular weight excluding hydrogens is 276 g/mol. The molecule has 0 spiro atoms. The van der Waals surface area contributed by atoms with Gasteiger partial charge in [-0.15, -0.1) is 0 Å². The summed E-state index contributed by atoms with van der Waals surface area (Å²) in [5.41, 5.74) is 0.476. The predicted octanol–water partition coefficient (Wildman–Crippen LogP) is 2.94. The van der Waals surface area contributed by atoms with Crippen LogP contribution >= 0.6 is 0 Å². The van der Waals surface area contributed by atoms with E-state index in [1.807, 2.05) is 13.0 Å². The molecule has 22 heavy (non-hydrogen) atoms. The smallest absolute Gasteiger partial charge is 0.270 e. The molecule has 1 aliphatic rings. The number of piperidine rings is 1. The van der Waals surface area contributed by atoms with Crippen molar-refractivity contribution in [2.24, 2.45) is 5.92 Å². The van der Waals surface area contributed by atoms with Gasteiger partial charge in [-0.2, -0.15) is 0 Å². The highest BCUT2D eigenvalue weighted by Crippen LogP contribution is 2.25. The maximum Gasteiger partial charge on any atom is 0.270 e. The van der Waals surface area contributed by atoms with Crippen LogP contribution in [0.2, 0.25) is 0 Å². The molecule has 1 unspecified atom stereocenters. The summed E-state index contributed by atoms with van der Waals surface area (Å²) in [5, 5.41) is 2.93. The summed E-state index contributed by atoms with van der Waals surface area (Å²) in [5.74, 6) is 1.88. The number of nitrogens with one attached hydrogen (secondary N) is 1. The highest BCUT2D eigenvalue weighted by Gasteiger charge is 2.23. The second-order valence-corrected chi connectivity index (χ2v) is 6.51. The number of rotatable bonds is 5. The van der Waals surface area contributed by atoms with Crippen LogP contribution in [0, 0.1) is 12.8 Å². The fourth-order valence-corrected chi connectivity index (χ4v) is 2.93. The zero-order chi connectivity index (χ0) is 16.1. The Kier molecular flexibility index (Phi) is 5.75. The molecule has 1 atom stereocenters. The zero-order valence-corrected chi connectivity index (χ0v) is 14.2. The lowest BCUT2D eigenvalue weighted by Crippen LogP contribution is -2.40. The number of aromatic nitrogens is 2.